The first-order valence-corrected chi connectivity index (χ1v) is 7.59. The predicted molar refractivity (Wildman–Crippen MR) is 85.9 cm³/mol. The van der Waals surface area contributed by atoms with Crippen LogP contribution in [-0.4, -0.2) is 17.4 Å². The lowest BCUT2D eigenvalue weighted by Crippen LogP contribution is -2.40. The zero-order chi connectivity index (χ0) is 19.1. The number of amides is 1. The minimum Gasteiger partial charge on any atom is -0.481 e. The smallest absolute Gasteiger partial charge is 0.416 e. The molecule has 3 rings (SSSR count). The third kappa shape index (κ3) is 3.19. The largest absolute Gasteiger partial charge is 0.481 e. The van der Waals surface area contributed by atoms with E-state index in [0.717, 1.165) is 12.1 Å². The van der Waals surface area contributed by atoms with Gasteiger partial charge in [-0.05, 0) is 30.7 Å². The van der Waals surface area contributed by atoms with E-state index in [1.165, 1.54) is 35.2 Å². The predicted octanol–water partition coefficient (Wildman–Crippen LogP) is 4.10. The Hall–Kier alpha value is -3.10. The number of alkyl halides is 3. The van der Waals surface area contributed by atoms with Gasteiger partial charge in [0.2, 0.25) is 0 Å². The number of non-ortho nitro benzene ring substituents is 1. The van der Waals surface area contributed by atoms with Crippen molar-refractivity contribution in [3.8, 4) is 5.75 Å². The lowest BCUT2D eigenvalue weighted by molar-refractivity contribution is -0.384. The molecule has 0 N–H and O–H groups in total. The topological polar surface area (TPSA) is 72.7 Å². The SMILES string of the molecule is CC(c1cccc(C(F)(F)F)c1)N1C(=O)COc2cc([N+](=O)[O-])ccc21. The third-order valence-corrected chi connectivity index (χ3v) is 4.12. The van der Waals surface area contributed by atoms with E-state index in [1.54, 1.807) is 6.92 Å². The van der Waals surface area contributed by atoms with Crippen LogP contribution < -0.4 is 9.64 Å². The number of ether oxygens (including phenoxy) is 1. The van der Waals surface area contributed by atoms with Crippen molar-refractivity contribution < 1.29 is 27.6 Å². The second-order valence-corrected chi connectivity index (χ2v) is 5.76. The third-order valence-electron chi connectivity index (χ3n) is 4.12. The summed E-state index contributed by atoms with van der Waals surface area (Å²) < 4.78 is 44.1. The molecular weight excluding hydrogens is 353 g/mol. The molecule has 2 aromatic rings. The second kappa shape index (κ2) is 6.32. The molecule has 1 aliphatic heterocycles. The summed E-state index contributed by atoms with van der Waals surface area (Å²) in [6.07, 6.45) is -4.50. The summed E-state index contributed by atoms with van der Waals surface area (Å²) in [6.45, 7) is 1.24. The van der Waals surface area contributed by atoms with Crippen LogP contribution in [0.5, 0.6) is 5.75 Å². The molecular formula is C17H13F3N2O4. The van der Waals surface area contributed by atoms with Crippen LogP contribution >= 0.6 is 0 Å². The average Bonchev–Trinajstić information content (AvgIpc) is 2.60. The standard InChI is InChI=1S/C17H13F3N2O4/c1-10(11-3-2-4-12(7-11)17(18,19)20)21-14-6-5-13(22(24)25)8-15(14)26-9-16(21)23/h2-8,10H,9H2,1H3. The first kappa shape index (κ1) is 17.7. The molecule has 1 unspecified atom stereocenters. The average molecular weight is 366 g/mol. The summed E-state index contributed by atoms with van der Waals surface area (Å²) in [7, 11) is 0. The van der Waals surface area contributed by atoms with Gasteiger partial charge in [-0.3, -0.25) is 19.8 Å². The number of anilines is 1. The number of rotatable bonds is 3. The summed E-state index contributed by atoms with van der Waals surface area (Å²) in [5.41, 5.74) is -0.451. The summed E-state index contributed by atoms with van der Waals surface area (Å²) >= 11 is 0. The Morgan fingerprint density at radius 1 is 1.23 bits per heavy atom. The van der Waals surface area contributed by atoms with E-state index in [-0.39, 0.29) is 23.7 Å². The number of carbonyl (C=O) groups excluding carboxylic acids is 1. The highest BCUT2D eigenvalue weighted by atomic mass is 19.4. The summed E-state index contributed by atoms with van der Waals surface area (Å²) in [4.78, 5) is 23.9. The van der Waals surface area contributed by atoms with Gasteiger partial charge in [0.25, 0.3) is 11.6 Å². The van der Waals surface area contributed by atoms with Gasteiger partial charge in [-0.1, -0.05) is 12.1 Å². The molecule has 1 amide bonds. The molecule has 1 aliphatic rings. The quantitative estimate of drug-likeness (QED) is 0.606. The first-order chi connectivity index (χ1) is 12.2. The van der Waals surface area contributed by atoms with Crippen molar-refractivity contribution in [1.29, 1.82) is 0 Å². The maximum absolute atomic E-state index is 12.9. The molecule has 0 fully saturated rings. The van der Waals surface area contributed by atoms with Gasteiger partial charge < -0.3 is 4.74 Å². The number of nitrogens with zero attached hydrogens (tertiary/aromatic N) is 2. The van der Waals surface area contributed by atoms with Gasteiger partial charge in [0.15, 0.2) is 12.4 Å². The van der Waals surface area contributed by atoms with Gasteiger partial charge in [-0.2, -0.15) is 13.2 Å². The first-order valence-electron chi connectivity index (χ1n) is 7.59. The van der Waals surface area contributed by atoms with Crippen molar-refractivity contribution >= 4 is 17.3 Å². The molecule has 26 heavy (non-hydrogen) atoms. The highest BCUT2D eigenvalue weighted by Gasteiger charge is 2.34. The number of nitro groups is 1. The maximum atomic E-state index is 12.9. The normalized spacial score (nSPS) is 15.2. The Balaban J connectivity index is 2.01. The van der Waals surface area contributed by atoms with E-state index >= 15 is 0 Å². The maximum Gasteiger partial charge on any atom is 0.416 e. The number of hydrogen-bond donors (Lipinski definition) is 0. The molecule has 0 bridgehead atoms. The fourth-order valence-electron chi connectivity index (χ4n) is 2.82. The minimum absolute atomic E-state index is 0.137. The van der Waals surface area contributed by atoms with Crippen LogP contribution in [0.25, 0.3) is 0 Å². The van der Waals surface area contributed by atoms with Gasteiger partial charge in [-0.15, -0.1) is 0 Å². The van der Waals surface area contributed by atoms with E-state index < -0.39 is 28.6 Å². The number of fused-ring (bicyclic) bond motifs is 1. The minimum atomic E-state index is -4.50. The molecule has 0 radical (unpaired) electrons. The number of carbonyl (C=O) groups is 1. The number of nitro benzene ring substituents is 1. The molecule has 2 aromatic carbocycles. The molecule has 1 heterocycles. The Labute approximate surface area is 145 Å². The molecule has 0 saturated carbocycles. The van der Waals surface area contributed by atoms with Gasteiger partial charge in [0, 0.05) is 6.07 Å². The second-order valence-electron chi connectivity index (χ2n) is 5.76. The van der Waals surface area contributed by atoms with Crippen LogP contribution in [-0.2, 0) is 11.0 Å². The van der Waals surface area contributed by atoms with E-state index in [9.17, 15) is 28.1 Å². The van der Waals surface area contributed by atoms with E-state index in [4.69, 9.17) is 4.74 Å². The van der Waals surface area contributed by atoms with Crippen LogP contribution in [0.3, 0.4) is 0 Å². The van der Waals surface area contributed by atoms with E-state index in [1.807, 2.05) is 0 Å². The molecule has 1 atom stereocenters. The molecule has 0 saturated heterocycles. The van der Waals surface area contributed by atoms with Crippen LogP contribution in [0.1, 0.15) is 24.1 Å². The zero-order valence-corrected chi connectivity index (χ0v) is 13.5. The molecule has 0 spiro atoms. The fourth-order valence-corrected chi connectivity index (χ4v) is 2.82. The molecule has 136 valence electrons. The van der Waals surface area contributed by atoms with Gasteiger partial charge in [0.05, 0.1) is 28.3 Å². The van der Waals surface area contributed by atoms with Crippen LogP contribution in [0, 0.1) is 10.1 Å². The van der Waals surface area contributed by atoms with Crippen molar-refractivity contribution in [2.75, 3.05) is 11.5 Å². The zero-order valence-electron chi connectivity index (χ0n) is 13.5. The number of benzene rings is 2. The van der Waals surface area contributed by atoms with Crippen molar-refractivity contribution in [3.63, 3.8) is 0 Å². The highest BCUT2D eigenvalue weighted by Crippen LogP contribution is 2.40. The lowest BCUT2D eigenvalue weighted by atomic mass is 10.0. The molecule has 0 aromatic heterocycles. The summed E-state index contributed by atoms with van der Waals surface area (Å²) in [5.74, 6) is -0.311. The van der Waals surface area contributed by atoms with Crippen molar-refractivity contribution in [3.05, 3.63) is 63.7 Å². The number of hydrogen-bond acceptors (Lipinski definition) is 4. The van der Waals surface area contributed by atoms with Gasteiger partial charge in [0.1, 0.15) is 0 Å². The van der Waals surface area contributed by atoms with Gasteiger partial charge in [-0.25, -0.2) is 0 Å². The van der Waals surface area contributed by atoms with Gasteiger partial charge >= 0.3 is 6.18 Å². The summed E-state index contributed by atoms with van der Waals surface area (Å²) in [5, 5.41) is 10.9. The Morgan fingerprint density at radius 2 is 1.96 bits per heavy atom. The molecule has 6 nitrogen and oxygen atoms in total. The van der Waals surface area contributed by atoms with E-state index in [0.29, 0.717) is 5.56 Å². The van der Waals surface area contributed by atoms with Crippen molar-refractivity contribution in [1.82, 2.24) is 0 Å². The molecule has 0 aliphatic carbocycles. The Morgan fingerprint density at radius 3 is 2.62 bits per heavy atom. The van der Waals surface area contributed by atoms with Crippen molar-refractivity contribution in [2.45, 2.75) is 19.1 Å². The van der Waals surface area contributed by atoms with Crippen LogP contribution in [0.4, 0.5) is 24.5 Å². The Kier molecular flexibility index (Phi) is 4.31. The van der Waals surface area contributed by atoms with Crippen LogP contribution in [0.2, 0.25) is 0 Å². The van der Waals surface area contributed by atoms with Crippen molar-refractivity contribution in [2.24, 2.45) is 0 Å². The lowest BCUT2D eigenvalue weighted by Gasteiger charge is -2.34. The fraction of sp³-hybridized carbons (Fsp3) is 0.235. The summed E-state index contributed by atoms with van der Waals surface area (Å²) in [6, 6.07) is 7.75. The Bertz CT molecular complexity index is 883. The van der Waals surface area contributed by atoms with E-state index in [2.05, 4.69) is 0 Å². The van der Waals surface area contributed by atoms with Crippen LogP contribution in [0.15, 0.2) is 42.5 Å². The highest BCUT2D eigenvalue weighted by molar-refractivity contribution is 5.98. The monoisotopic (exact) mass is 366 g/mol. The number of halogens is 3. The molecule has 9 heteroatoms.